The van der Waals surface area contributed by atoms with Crippen LogP contribution in [0.3, 0.4) is 0 Å². The summed E-state index contributed by atoms with van der Waals surface area (Å²) in [6, 6.07) is 6.00. The molecule has 0 aromatic heterocycles. The minimum Gasteiger partial charge on any atom is -0.492 e. The van der Waals surface area contributed by atoms with Gasteiger partial charge < -0.3 is 4.74 Å². The van der Waals surface area contributed by atoms with Crippen LogP contribution in [-0.2, 0) is 9.05 Å². The number of hydrogen-bond donors (Lipinski definition) is 0. The molecule has 3 nitrogen and oxygen atoms in total. The maximum atomic E-state index is 11.4. The molecule has 0 heterocycles. The number of para-hydroxylation sites is 1. The Balaban J connectivity index is 2.14. The Labute approximate surface area is 125 Å². The van der Waals surface area contributed by atoms with Crippen LogP contribution in [-0.4, -0.2) is 20.8 Å². The Kier molecular flexibility index (Phi) is 4.65. The van der Waals surface area contributed by atoms with Crippen LogP contribution in [0.4, 0.5) is 0 Å². The highest BCUT2D eigenvalue weighted by Crippen LogP contribution is 2.41. The standard InChI is InChI=1S/C15H21ClO3S/c1-12-6-5-7-13(2)14(12)19-10-15(8-3-4-9-15)11-20(16,17)18/h5-7H,3-4,8-11H2,1-2H3. The zero-order valence-corrected chi connectivity index (χ0v) is 13.6. The highest BCUT2D eigenvalue weighted by Gasteiger charge is 2.38. The Morgan fingerprint density at radius 1 is 1.20 bits per heavy atom. The molecular weight excluding hydrogens is 296 g/mol. The number of benzene rings is 1. The predicted octanol–water partition coefficient (Wildman–Crippen LogP) is 3.81. The topological polar surface area (TPSA) is 43.4 Å². The smallest absolute Gasteiger partial charge is 0.233 e. The Bertz CT molecular complexity index is 555. The first-order valence-corrected chi connectivity index (χ1v) is 9.41. The van der Waals surface area contributed by atoms with Crippen LogP contribution in [0.25, 0.3) is 0 Å². The van der Waals surface area contributed by atoms with Gasteiger partial charge in [0.2, 0.25) is 9.05 Å². The summed E-state index contributed by atoms with van der Waals surface area (Å²) >= 11 is 0. The zero-order chi connectivity index (χ0) is 14.8. The molecule has 0 atom stereocenters. The molecule has 1 fully saturated rings. The van der Waals surface area contributed by atoms with E-state index < -0.39 is 9.05 Å². The summed E-state index contributed by atoms with van der Waals surface area (Å²) in [5.74, 6) is 0.873. The highest BCUT2D eigenvalue weighted by molar-refractivity contribution is 8.13. The van der Waals surface area contributed by atoms with Crippen LogP contribution < -0.4 is 4.74 Å². The molecule has 1 aromatic carbocycles. The number of hydrogen-bond acceptors (Lipinski definition) is 3. The lowest BCUT2D eigenvalue weighted by molar-refractivity contribution is 0.169. The fraction of sp³-hybridized carbons (Fsp3) is 0.600. The number of aryl methyl sites for hydroxylation is 2. The van der Waals surface area contributed by atoms with Crippen molar-refractivity contribution in [3.05, 3.63) is 29.3 Å². The second kappa shape index (κ2) is 5.94. The molecule has 1 saturated carbocycles. The molecule has 0 bridgehead atoms. The lowest BCUT2D eigenvalue weighted by Crippen LogP contribution is -2.32. The van der Waals surface area contributed by atoms with Crippen molar-refractivity contribution in [1.29, 1.82) is 0 Å². The van der Waals surface area contributed by atoms with Gasteiger partial charge >= 0.3 is 0 Å². The first kappa shape index (κ1) is 15.6. The highest BCUT2D eigenvalue weighted by atomic mass is 35.7. The van der Waals surface area contributed by atoms with E-state index in [0.29, 0.717) is 6.61 Å². The van der Waals surface area contributed by atoms with Gasteiger partial charge in [0.1, 0.15) is 5.75 Å². The lowest BCUT2D eigenvalue weighted by Gasteiger charge is -2.28. The molecule has 2 rings (SSSR count). The van der Waals surface area contributed by atoms with Gasteiger partial charge in [0, 0.05) is 16.1 Å². The van der Waals surface area contributed by atoms with Crippen molar-refractivity contribution in [2.24, 2.45) is 5.41 Å². The average Bonchev–Trinajstić information content (AvgIpc) is 2.75. The van der Waals surface area contributed by atoms with Crippen LogP contribution >= 0.6 is 10.7 Å². The van der Waals surface area contributed by atoms with Crippen LogP contribution in [0.15, 0.2) is 18.2 Å². The third kappa shape index (κ3) is 3.89. The third-order valence-corrected chi connectivity index (χ3v) is 5.36. The average molecular weight is 317 g/mol. The Hall–Kier alpha value is -0.740. The molecule has 0 amide bonds. The fourth-order valence-corrected chi connectivity index (χ4v) is 4.87. The first-order valence-electron chi connectivity index (χ1n) is 6.93. The van der Waals surface area contributed by atoms with E-state index in [0.717, 1.165) is 42.6 Å². The van der Waals surface area contributed by atoms with Gasteiger partial charge in [0.25, 0.3) is 0 Å². The third-order valence-electron chi connectivity index (χ3n) is 4.07. The molecule has 1 aromatic rings. The van der Waals surface area contributed by atoms with Crippen LogP contribution in [0.2, 0.25) is 0 Å². The van der Waals surface area contributed by atoms with Crippen molar-refractivity contribution in [3.63, 3.8) is 0 Å². The second-order valence-electron chi connectivity index (χ2n) is 5.90. The van der Waals surface area contributed by atoms with Crippen molar-refractivity contribution in [1.82, 2.24) is 0 Å². The van der Waals surface area contributed by atoms with E-state index in [1.807, 2.05) is 32.0 Å². The molecule has 1 aliphatic rings. The van der Waals surface area contributed by atoms with Gasteiger partial charge in [-0.2, -0.15) is 0 Å². The van der Waals surface area contributed by atoms with Crippen molar-refractivity contribution in [2.45, 2.75) is 39.5 Å². The first-order chi connectivity index (χ1) is 9.31. The van der Waals surface area contributed by atoms with Gasteiger partial charge in [-0.25, -0.2) is 8.42 Å². The molecule has 5 heteroatoms. The fourth-order valence-electron chi connectivity index (χ4n) is 3.07. The molecule has 0 spiro atoms. The minimum absolute atomic E-state index is 0.00643. The van der Waals surface area contributed by atoms with Gasteiger partial charge in [-0.1, -0.05) is 31.0 Å². The molecular formula is C15H21ClO3S. The van der Waals surface area contributed by atoms with Gasteiger partial charge in [0.05, 0.1) is 12.4 Å². The van der Waals surface area contributed by atoms with Crippen LogP contribution in [0.1, 0.15) is 36.8 Å². The summed E-state index contributed by atoms with van der Waals surface area (Å²) in [4.78, 5) is 0. The number of halogens is 1. The SMILES string of the molecule is Cc1cccc(C)c1OCC1(CS(=O)(=O)Cl)CCCC1. The molecule has 0 N–H and O–H groups in total. The van der Waals surface area contributed by atoms with Crippen LogP contribution in [0, 0.1) is 19.3 Å². The van der Waals surface area contributed by atoms with Gasteiger partial charge in [-0.15, -0.1) is 0 Å². The van der Waals surface area contributed by atoms with Crippen molar-refractivity contribution >= 4 is 19.7 Å². The van der Waals surface area contributed by atoms with E-state index in [1.54, 1.807) is 0 Å². The molecule has 0 saturated heterocycles. The normalized spacial score (nSPS) is 18.1. The molecule has 1 aliphatic carbocycles. The van der Waals surface area contributed by atoms with Crippen LogP contribution in [0.5, 0.6) is 5.75 Å². The summed E-state index contributed by atoms with van der Waals surface area (Å²) in [5.41, 5.74) is 1.83. The summed E-state index contributed by atoms with van der Waals surface area (Å²) in [6.07, 6.45) is 3.82. The second-order valence-corrected chi connectivity index (χ2v) is 8.68. The van der Waals surface area contributed by atoms with Gasteiger partial charge in [0.15, 0.2) is 0 Å². The summed E-state index contributed by atoms with van der Waals surface area (Å²) in [5, 5.41) is 0. The van der Waals surface area contributed by atoms with E-state index in [1.165, 1.54) is 0 Å². The molecule has 112 valence electrons. The number of rotatable bonds is 5. The van der Waals surface area contributed by atoms with E-state index in [2.05, 4.69) is 0 Å². The van der Waals surface area contributed by atoms with E-state index in [4.69, 9.17) is 15.4 Å². The quantitative estimate of drug-likeness (QED) is 0.776. The summed E-state index contributed by atoms with van der Waals surface area (Å²) < 4.78 is 28.9. The van der Waals surface area contributed by atoms with Gasteiger partial charge in [-0.3, -0.25) is 0 Å². The predicted molar refractivity (Wildman–Crippen MR) is 82.0 cm³/mol. The summed E-state index contributed by atoms with van der Waals surface area (Å²) in [6.45, 7) is 4.43. The van der Waals surface area contributed by atoms with Crippen molar-refractivity contribution in [3.8, 4) is 5.75 Å². The molecule has 0 aliphatic heterocycles. The van der Waals surface area contributed by atoms with Crippen molar-refractivity contribution < 1.29 is 13.2 Å². The zero-order valence-electron chi connectivity index (χ0n) is 12.0. The van der Waals surface area contributed by atoms with E-state index >= 15 is 0 Å². The Morgan fingerprint density at radius 3 is 2.25 bits per heavy atom. The monoisotopic (exact) mass is 316 g/mol. The largest absolute Gasteiger partial charge is 0.492 e. The van der Waals surface area contributed by atoms with Gasteiger partial charge in [-0.05, 0) is 37.8 Å². The molecule has 0 radical (unpaired) electrons. The molecule has 20 heavy (non-hydrogen) atoms. The maximum Gasteiger partial charge on any atom is 0.233 e. The Morgan fingerprint density at radius 2 is 1.75 bits per heavy atom. The summed E-state index contributed by atoms with van der Waals surface area (Å²) in [7, 11) is 1.97. The van der Waals surface area contributed by atoms with E-state index in [-0.39, 0.29) is 11.2 Å². The van der Waals surface area contributed by atoms with Crippen molar-refractivity contribution in [2.75, 3.05) is 12.4 Å². The lowest BCUT2D eigenvalue weighted by atomic mass is 9.90. The molecule has 0 unspecified atom stereocenters. The maximum absolute atomic E-state index is 11.4. The number of ether oxygens (including phenoxy) is 1. The minimum atomic E-state index is -3.50. The van der Waals surface area contributed by atoms with E-state index in [9.17, 15) is 8.42 Å².